The summed E-state index contributed by atoms with van der Waals surface area (Å²) in [5, 5.41) is 22.5. The molecule has 142 valence electrons. The number of aromatic nitrogens is 2. The highest BCUT2D eigenvalue weighted by molar-refractivity contribution is 6.30. The van der Waals surface area contributed by atoms with E-state index in [9.17, 15) is 10.1 Å². The Morgan fingerprint density at radius 1 is 1.24 bits per heavy atom. The lowest BCUT2D eigenvalue weighted by atomic mass is 10.1. The molecule has 3 rings (SSSR count). The third-order valence-electron chi connectivity index (χ3n) is 3.72. The number of hydrogen-bond acceptors (Lipinski definition) is 7. The quantitative estimate of drug-likeness (QED) is 0.479. The van der Waals surface area contributed by atoms with Crippen LogP contribution in [-0.2, 0) is 0 Å². The molecule has 0 aliphatic heterocycles. The molecule has 0 radical (unpaired) electrons. The van der Waals surface area contributed by atoms with Crippen LogP contribution in [0.1, 0.15) is 11.1 Å². The van der Waals surface area contributed by atoms with Gasteiger partial charge in [-0.1, -0.05) is 41.9 Å². The normalized spacial score (nSPS) is 10.3. The van der Waals surface area contributed by atoms with E-state index in [4.69, 9.17) is 21.6 Å². The minimum Gasteiger partial charge on any atom is -0.478 e. The average molecular weight is 405 g/mol. The number of hydrogen-bond donors (Lipinski definition) is 2. The SMILES string of the molecule is N#CCOc1ccc(Cl)cc1C=NNc1nc(-c2ccccc2)c(C#N)c(=O)[nH]1. The Bertz CT molecular complexity index is 1190. The summed E-state index contributed by atoms with van der Waals surface area (Å²) in [7, 11) is 0. The number of anilines is 1. The minimum absolute atomic E-state index is 0.0608. The van der Waals surface area contributed by atoms with Gasteiger partial charge in [0.25, 0.3) is 5.56 Å². The number of nitrogens with zero attached hydrogens (tertiary/aromatic N) is 4. The number of halogens is 1. The molecule has 0 unspecified atom stereocenters. The van der Waals surface area contributed by atoms with E-state index in [1.54, 1.807) is 42.5 Å². The van der Waals surface area contributed by atoms with E-state index in [0.717, 1.165) is 0 Å². The first-order valence-corrected chi connectivity index (χ1v) is 8.68. The highest BCUT2D eigenvalue weighted by atomic mass is 35.5. The predicted octanol–water partition coefficient (Wildman–Crippen LogP) is 3.31. The Hall–Kier alpha value is -4.14. The topological polar surface area (TPSA) is 127 Å². The third-order valence-corrected chi connectivity index (χ3v) is 3.95. The van der Waals surface area contributed by atoms with Crippen molar-refractivity contribution in [1.82, 2.24) is 9.97 Å². The summed E-state index contributed by atoms with van der Waals surface area (Å²) >= 11 is 6.00. The molecular formula is C20H13ClN6O2. The maximum Gasteiger partial charge on any atom is 0.270 e. The molecular weight excluding hydrogens is 392 g/mol. The molecule has 0 bridgehead atoms. The minimum atomic E-state index is -0.583. The fourth-order valence-electron chi connectivity index (χ4n) is 2.46. The van der Waals surface area contributed by atoms with Crippen molar-refractivity contribution in [3.63, 3.8) is 0 Å². The second kappa shape index (κ2) is 9.18. The second-order valence-electron chi connectivity index (χ2n) is 5.61. The number of hydrazone groups is 1. The van der Waals surface area contributed by atoms with Gasteiger partial charge in [-0.15, -0.1) is 0 Å². The van der Waals surface area contributed by atoms with Gasteiger partial charge in [0.15, 0.2) is 6.61 Å². The zero-order valence-electron chi connectivity index (χ0n) is 14.9. The van der Waals surface area contributed by atoms with Crippen molar-refractivity contribution in [3.05, 3.63) is 75.0 Å². The lowest BCUT2D eigenvalue weighted by Gasteiger charge is -2.07. The van der Waals surface area contributed by atoms with Crippen LogP contribution in [0.3, 0.4) is 0 Å². The van der Waals surface area contributed by atoms with Crippen molar-refractivity contribution in [3.8, 4) is 29.1 Å². The molecule has 1 aromatic heterocycles. The fourth-order valence-corrected chi connectivity index (χ4v) is 2.64. The van der Waals surface area contributed by atoms with Crippen molar-refractivity contribution in [2.45, 2.75) is 0 Å². The molecule has 0 fully saturated rings. The van der Waals surface area contributed by atoms with Gasteiger partial charge in [0.1, 0.15) is 23.5 Å². The summed E-state index contributed by atoms with van der Waals surface area (Å²) in [6, 6.07) is 17.5. The van der Waals surface area contributed by atoms with E-state index in [1.807, 2.05) is 18.2 Å². The molecule has 0 aliphatic carbocycles. The molecule has 0 saturated carbocycles. The number of nitriles is 2. The van der Waals surface area contributed by atoms with Crippen molar-refractivity contribution < 1.29 is 4.74 Å². The summed E-state index contributed by atoms with van der Waals surface area (Å²) in [5.41, 5.74) is 3.36. The Balaban J connectivity index is 1.90. The van der Waals surface area contributed by atoms with Crippen LogP contribution in [0.15, 0.2) is 58.4 Å². The van der Waals surface area contributed by atoms with Crippen molar-refractivity contribution >= 4 is 23.8 Å². The van der Waals surface area contributed by atoms with Crippen molar-refractivity contribution in [2.75, 3.05) is 12.0 Å². The van der Waals surface area contributed by atoms with Crippen LogP contribution in [0, 0.1) is 22.7 Å². The highest BCUT2D eigenvalue weighted by Crippen LogP contribution is 2.22. The fraction of sp³-hybridized carbons (Fsp3) is 0.0500. The van der Waals surface area contributed by atoms with Gasteiger partial charge in [-0.3, -0.25) is 9.78 Å². The van der Waals surface area contributed by atoms with Gasteiger partial charge in [0.2, 0.25) is 5.95 Å². The summed E-state index contributed by atoms with van der Waals surface area (Å²) in [6.45, 7) is -0.124. The number of nitrogens with one attached hydrogen (secondary N) is 2. The van der Waals surface area contributed by atoms with Gasteiger partial charge >= 0.3 is 0 Å². The van der Waals surface area contributed by atoms with Gasteiger partial charge in [0.05, 0.1) is 11.9 Å². The summed E-state index contributed by atoms with van der Waals surface area (Å²) in [5.74, 6) is 0.485. The van der Waals surface area contributed by atoms with Crippen LogP contribution in [0.2, 0.25) is 5.02 Å². The lowest BCUT2D eigenvalue weighted by molar-refractivity contribution is 0.367. The Morgan fingerprint density at radius 2 is 2.03 bits per heavy atom. The average Bonchev–Trinajstić information content (AvgIpc) is 2.73. The molecule has 1 heterocycles. The molecule has 2 aromatic carbocycles. The summed E-state index contributed by atoms with van der Waals surface area (Å²) in [4.78, 5) is 19.0. The van der Waals surface area contributed by atoms with Crippen molar-refractivity contribution in [1.29, 1.82) is 10.5 Å². The smallest absolute Gasteiger partial charge is 0.270 e. The van der Waals surface area contributed by atoms with E-state index < -0.39 is 5.56 Å². The van der Waals surface area contributed by atoms with E-state index in [0.29, 0.717) is 21.9 Å². The largest absolute Gasteiger partial charge is 0.478 e. The van der Waals surface area contributed by atoms with Crippen LogP contribution in [0.5, 0.6) is 5.75 Å². The third kappa shape index (κ3) is 4.78. The highest BCUT2D eigenvalue weighted by Gasteiger charge is 2.13. The molecule has 29 heavy (non-hydrogen) atoms. The Kier molecular flexibility index (Phi) is 6.21. The van der Waals surface area contributed by atoms with E-state index >= 15 is 0 Å². The number of rotatable bonds is 6. The molecule has 0 amide bonds. The number of H-pyrrole nitrogens is 1. The molecule has 0 saturated heterocycles. The van der Waals surface area contributed by atoms with Crippen LogP contribution in [0.4, 0.5) is 5.95 Å². The van der Waals surface area contributed by atoms with Gasteiger partial charge in [-0.05, 0) is 18.2 Å². The molecule has 0 atom stereocenters. The van der Waals surface area contributed by atoms with Gasteiger partial charge in [-0.2, -0.15) is 15.6 Å². The van der Waals surface area contributed by atoms with E-state index in [-0.39, 0.29) is 23.8 Å². The number of aromatic amines is 1. The molecule has 2 N–H and O–H groups in total. The zero-order chi connectivity index (χ0) is 20.6. The van der Waals surface area contributed by atoms with Crippen molar-refractivity contribution in [2.24, 2.45) is 5.10 Å². The zero-order valence-corrected chi connectivity index (χ0v) is 15.6. The van der Waals surface area contributed by atoms with E-state index in [1.165, 1.54) is 6.21 Å². The van der Waals surface area contributed by atoms with Gasteiger partial charge in [-0.25, -0.2) is 10.4 Å². The second-order valence-corrected chi connectivity index (χ2v) is 6.05. The molecule has 8 nitrogen and oxygen atoms in total. The number of benzene rings is 2. The predicted molar refractivity (Wildman–Crippen MR) is 109 cm³/mol. The summed E-state index contributed by atoms with van der Waals surface area (Å²) in [6.07, 6.45) is 1.42. The summed E-state index contributed by atoms with van der Waals surface area (Å²) < 4.78 is 5.32. The first-order chi connectivity index (χ1) is 14.1. The first-order valence-electron chi connectivity index (χ1n) is 8.30. The van der Waals surface area contributed by atoms with Crippen LogP contribution < -0.4 is 15.7 Å². The maximum atomic E-state index is 12.2. The number of ether oxygens (including phenoxy) is 1. The molecule has 0 spiro atoms. The Labute approximate surface area is 170 Å². The first kappa shape index (κ1) is 19.6. The Morgan fingerprint density at radius 3 is 2.76 bits per heavy atom. The lowest BCUT2D eigenvalue weighted by Crippen LogP contribution is -2.16. The van der Waals surface area contributed by atoms with Crippen LogP contribution >= 0.6 is 11.6 Å². The molecule has 3 aromatic rings. The molecule has 0 aliphatic rings. The maximum absolute atomic E-state index is 12.2. The molecule has 9 heteroatoms. The van der Waals surface area contributed by atoms with Gasteiger partial charge in [0, 0.05) is 16.1 Å². The standard InChI is InChI=1S/C20H13ClN6O2/c21-15-6-7-17(29-9-8-22)14(10-15)12-24-27-20-25-18(13-4-2-1-3-5-13)16(11-23)19(28)26-20/h1-7,10,12H,9H2,(H2,25,26,27,28). The van der Waals surface area contributed by atoms with Crippen LogP contribution in [0.25, 0.3) is 11.3 Å². The van der Waals surface area contributed by atoms with Crippen LogP contribution in [-0.4, -0.2) is 22.8 Å². The van der Waals surface area contributed by atoms with E-state index in [2.05, 4.69) is 20.5 Å². The van der Waals surface area contributed by atoms with Gasteiger partial charge < -0.3 is 4.74 Å². The monoisotopic (exact) mass is 404 g/mol.